The summed E-state index contributed by atoms with van der Waals surface area (Å²) in [7, 11) is 0. The summed E-state index contributed by atoms with van der Waals surface area (Å²) < 4.78 is 0. The van der Waals surface area contributed by atoms with Crippen molar-refractivity contribution in [3.05, 3.63) is 75.7 Å². The van der Waals surface area contributed by atoms with Crippen molar-refractivity contribution >= 4 is 28.8 Å². The van der Waals surface area contributed by atoms with E-state index in [0.29, 0.717) is 6.42 Å². The minimum Gasteiger partial charge on any atom is -0.345 e. The maximum atomic E-state index is 12.9. The van der Waals surface area contributed by atoms with Gasteiger partial charge < -0.3 is 10.6 Å². The van der Waals surface area contributed by atoms with Crippen molar-refractivity contribution in [2.24, 2.45) is 0 Å². The Kier molecular flexibility index (Phi) is 4.05. The maximum Gasteiger partial charge on any atom is 0.261 e. The summed E-state index contributed by atoms with van der Waals surface area (Å²) in [6.45, 7) is 1.98. The third kappa shape index (κ3) is 2.92. The highest BCUT2D eigenvalue weighted by Gasteiger charge is 2.23. The Hall–Kier alpha value is -2.92. The number of carbonyl (C=O) groups excluding carboxylic acids is 2. The van der Waals surface area contributed by atoms with Crippen LogP contribution in [0.2, 0.25) is 0 Å². The Morgan fingerprint density at radius 1 is 1.07 bits per heavy atom. The Morgan fingerprint density at radius 3 is 2.79 bits per heavy atom. The second-order valence-corrected chi connectivity index (χ2v) is 8.51. The Morgan fingerprint density at radius 2 is 1.89 bits per heavy atom. The molecule has 2 aromatic carbocycles. The van der Waals surface area contributed by atoms with Crippen LogP contribution in [0.25, 0.3) is 10.4 Å². The first-order valence-electron chi connectivity index (χ1n) is 9.53. The van der Waals surface area contributed by atoms with E-state index >= 15 is 0 Å². The van der Waals surface area contributed by atoms with Crippen LogP contribution in [0, 0.1) is 0 Å². The molecule has 0 unspecified atom stereocenters. The zero-order valence-corrected chi connectivity index (χ0v) is 16.4. The lowest BCUT2D eigenvalue weighted by Gasteiger charge is -2.15. The van der Waals surface area contributed by atoms with Gasteiger partial charge in [0.1, 0.15) is 0 Å². The molecule has 5 rings (SSSR count). The van der Waals surface area contributed by atoms with E-state index in [-0.39, 0.29) is 17.9 Å². The summed E-state index contributed by atoms with van der Waals surface area (Å²) in [5.41, 5.74) is 6.76. The van der Waals surface area contributed by atoms with Crippen molar-refractivity contribution in [3.8, 4) is 10.4 Å². The van der Waals surface area contributed by atoms with Gasteiger partial charge >= 0.3 is 0 Å². The predicted molar refractivity (Wildman–Crippen MR) is 112 cm³/mol. The largest absolute Gasteiger partial charge is 0.345 e. The molecule has 0 fully saturated rings. The van der Waals surface area contributed by atoms with Gasteiger partial charge in [0.05, 0.1) is 17.3 Å². The molecular weight excluding hydrogens is 368 g/mol. The molecule has 0 radical (unpaired) electrons. The lowest BCUT2D eigenvalue weighted by molar-refractivity contribution is -0.115. The number of hydrogen-bond donors (Lipinski definition) is 2. The molecule has 1 aliphatic carbocycles. The third-order valence-electron chi connectivity index (χ3n) is 5.56. The number of hydrogen-bond acceptors (Lipinski definition) is 3. The van der Waals surface area contributed by atoms with E-state index in [2.05, 4.69) is 34.9 Å². The number of amides is 2. The lowest BCUT2D eigenvalue weighted by Crippen LogP contribution is -2.25. The minimum absolute atomic E-state index is 0.0216. The SMILES string of the molecule is C[C@@H](NC(=O)c1cc2c(s1)-c1ccccc1CC2)c1ccc2c(c1)CC(=O)N2. The number of anilines is 1. The van der Waals surface area contributed by atoms with Crippen molar-refractivity contribution in [2.45, 2.75) is 32.2 Å². The van der Waals surface area contributed by atoms with Gasteiger partial charge in [-0.2, -0.15) is 0 Å². The monoisotopic (exact) mass is 388 g/mol. The number of benzene rings is 2. The Bertz CT molecular complexity index is 1120. The second-order valence-electron chi connectivity index (χ2n) is 7.46. The molecule has 5 heteroatoms. The molecule has 2 N–H and O–H groups in total. The predicted octanol–water partition coefficient (Wildman–Crippen LogP) is 4.50. The summed E-state index contributed by atoms with van der Waals surface area (Å²) in [6.07, 6.45) is 2.41. The first-order valence-corrected chi connectivity index (χ1v) is 10.3. The molecule has 1 atom stereocenters. The highest BCUT2D eigenvalue weighted by Crippen LogP contribution is 2.39. The molecule has 2 amide bonds. The highest BCUT2D eigenvalue weighted by atomic mass is 32.1. The van der Waals surface area contributed by atoms with Crippen molar-refractivity contribution < 1.29 is 9.59 Å². The average Bonchev–Trinajstić information content (AvgIpc) is 3.29. The second kappa shape index (κ2) is 6.60. The standard InChI is InChI=1S/C23H20N2O2S/c1-13(15-8-9-19-17(10-15)12-21(26)25-19)24-23(27)20-11-16-7-6-14-4-2-3-5-18(14)22(16)28-20/h2-5,8-11,13H,6-7,12H2,1H3,(H,24,27)(H,25,26)/t13-/m1/s1. The van der Waals surface area contributed by atoms with Crippen LogP contribution in [-0.2, 0) is 24.1 Å². The van der Waals surface area contributed by atoms with E-state index in [1.165, 1.54) is 21.6 Å². The molecule has 0 saturated heterocycles. The van der Waals surface area contributed by atoms with Gasteiger partial charge in [-0.05, 0) is 59.7 Å². The molecule has 1 aliphatic heterocycles. The lowest BCUT2D eigenvalue weighted by atomic mass is 9.91. The molecule has 0 saturated carbocycles. The number of aryl methyl sites for hydroxylation is 2. The Balaban J connectivity index is 1.36. The van der Waals surface area contributed by atoms with E-state index < -0.39 is 0 Å². The summed E-state index contributed by atoms with van der Waals surface area (Å²) >= 11 is 1.58. The number of carbonyl (C=O) groups is 2. The minimum atomic E-state index is -0.125. The summed E-state index contributed by atoms with van der Waals surface area (Å²) in [5, 5.41) is 5.96. The normalized spacial score (nSPS) is 15.2. The number of thiophene rings is 1. The van der Waals surface area contributed by atoms with Crippen LogP contribution in [0.5, 0.6) is 0 Å². The van der Waals surface area contributed by atoms with Gasteiger partial charge in [0.15, 0.2) is 0 Å². The number of fused-ring (bicyclic) bond motifs is 4. The number of rotatable bonds is 3. The van der Waals surface area contributed by atoms with Gasteiger partial charge in [0.2, 0.25) is 5.91 Å². The van der Waals surface area contributed by atoms with Crippen LogP contribution in [0.3, 0.4) is 0 Å². The average molecular weight is 388 g/mol. The first-order chi connectivity index (χ1) is 13.6. The first kappa shape index (κ1) is 17.2. The molecule has 2 heterocycles. The molecule has 0 bridgehead atoms. The topological polar surface area (TPSA) is 58.2 Å². The van der Waals surface area contributed by atoms with E-state index in [9.17, 15) is 9.59 Å². The van der Waals surface area contributed by atoms with Crippen molar-refractivity contribution in [1.82, 2.24) is 5.32 Å². The third-order valence-corrected chi connectivity index (χ3v) is 6.77. The molecule has 1 aromatic heterocycles. The molecular formula is C23H20N2O2S. The van der Waals surface area contributed by atoms with Crippen LogP contribution >= 0.6 is 11.3 Å². The summed E-state index contributed by atoms with van der Waals surface area (Å²) in [4.78, 5) is 26.4. The van der Waals surface area contributed by atoms with Crippen LogP contribution < -0.4 is 10.6 Å². The van der Waals surface area contributed by atoms with Crippen LogP contribution in [0.15, 0.2) is 48.5 Å². The maximum absolute atomic E-state index is 12.9. The smallest absolute Gasteiger partial charge is 0.261 e. The van der Waals surface area contributed by atoms with Crippen molar-refractivity contribution in [2.75, 3.05) is 5.32 Å². The van der Waals surface area contributed by atoms with E-state index in [0.717, 1.165) is 34.5 Å². The van der Waals surface area contributed by atoms with Gasteiger partial charge in [-0.3, -0.25) is 9.59 Å². The van der Waals surface area contributed by atoms with Crippen LogP contribution in [-0.4, -0.2) is 11.8 Å². The van der Waals surface area contributed by atoms with Gasteiger partial charge in [0.25, 0.3) is 5.91 Å². The molecule has 0 spiro atoms. The van der Waals surface area contributed by atoms with Crippen molar-refractivity contribution in [1.29, 1.82) is 0 Å². The van der Waals surface area contributed by atoms with Gasteiger partial charge in [-0.25, -0.2) is 0 Å². The fourth-order valence-corrected chi connectivity index (χ4v) is 5.23. The Labute approximate surface area is 167 Å². The quantitative estimate of drug-likeness (QED) is 0.694. The zero-order valence-electron chi connectivity index (χ0n) is 15.5. The van der Waals surface area contributed by atoms with Gasteiger partial charge in [0, 0.05) is 10.6 Å². The van der Waals surface area contributed by atoms with Gasteiger partial charge in [-0.15, -0.1) is 11.3 Å². The fourth-order valence-electron chi connectivity index (χ4n) is 4.05. The van der Waals surface area contributed by atoms with Crippen LogP contribution in [0.4, 0.5) is 5.69 Å². The van der Waals surface area contributed by atoms with E-state index in [1.54, 1.807) is 11.3 Å². The molecule has 140 valence electrons. The van der Waals surface area contributed by atoms with E-state index in [1.807, 2.05) is 31.2 Å². The van der Waals surface area contributed by atoms with Crippen molar-refractivity contribution in [3.63, 3.8) is 0 Å². The molecule has 28 heavy (non-hydrogen) atoms. The van der Waals surface area contributed by atoms with E-state index in [4.69, 9.17) is 0 Å². The zero-order chi connectivity index (χ0) is 19.3. The molecule has 3 aromatic rings. The number of nitrogens with one attached hydrogen (secondary N) is 2. The van der Waals surface area contributed by atoms with Crippen LogP contribution in [0.1, 0.15) is 44.9 Å². The molecule has 4 nitrogen and oxygen atoms in total. The summed E-state index contributed by atoms with van der Waals surface area (Å²) in [6, 6.07) is 16.3. The molecule has 2 aliphatic rings. The summed E-state index contributed by atoms with van der Waals surface area (Å²) in [5.74, 6) is -0.0210. The fraction of sp³-hybridized carbons (Fsp3) is 0.217. The highest BCUT2D eigenvalue weighted by molar-refractivity contribution is 7.17. The van der Waals surface area contributed by atoms with Gasteiger partial charge in [-0.1, -0.05) is 36.4 Å².